The Labute approximate surface area is 181 Å². The standard InChI is InChI=1S/C23H27N3O5/c1-3-4-13-30-17-11-9-16(10-12-17)22(28)25-14-21(27)26-15-20(23(29)24-2)31-19-8-6-5-7-18(19)26/h5-12,20H,3-4,13-15H2,1-2H3,(H,24,29)(H,25,28)/t20-/m0/s1. The highest BCUT2D eigenvalue weighted by Gasteiger charge is 2.33. The van der Waals surface area contributed by atoms with E-state index in [1.54, 1.807) is 48.5 Å². The van der Waals surface area contributed by atoms with E-state index in [4.69, 9.17) is 9.47 Å². The lowest BCUT2D eigenvalue weighted by molar-refractivity contribution is -0.127. The topological polar surface area (TPSA) is 97.0 Å². The van der Waals surface area contributed by atoms with E-state index in [0.29, 0.717) is 29.4 Å². The third-order valence-electron chi connectivity index (χ3n) is 4.90. The van der Waals surface area contributed by atoms with Gasteiger partial charge in [-0.1, -0.05) is 25.5 Å². The van der Waals surface area contributed by atoms with Crippen LogP contribution in [0.15, 0.2) is 48.5 Å². The quantitative estimate of drug-likeness (QED) is 0.632. The number of rotatable bonds is 8. The largest absolute Gasteiger partial charge is 0.494 e. The van der Waals surface area contributed by atoms with E-state index >= 15 is 0 Å². The van der Waals surface area contributed by atoms with Gasteiger partial charge in [0.05, 0.1) is 25.4 Å². The molecule has 0 saturated carbocycles. The molecule has 2 aromatic carbocycles. The van der Waals surface area contributed by atoms with Gasteiger partial charge in [-0.3, -0.25) is 14.4 Å². The molecular weight excluding hydrogens is 398 g/mol. The number of hydrogen-bond donors (Lipinski definition) is 2. The number of likely N-dealkylation sites (N-methyl/N-ethyl adjacent to an activating group) is 1. The SMILES string of the molecule is CCCCOc1ccc(C(=O)NCC(=O)N2C[C@@H](C(=O)NC)Oc3ccccc32)cc1. The summed E-state index contributed by atoms with van der Waals surface area (Å²) in [5, 5.41) is 5.18. The van der Waals surface area contributed by atoms with Gasteiger partial charge in [-0.05, 0) is 42.8 Å². The maximum Gasteiger partial charge on any atom is 0.262 e. The molecule has 0 radical (unpaired) electrons. The van der Waals surface area contributed by atoms with Crippen LogP contribution in [0.3, 0.4) is 0 Å². The predicted molar refractivity (Wildman–Crippen MR) is 116 cm³/mol. The van der Waals surface area contributed by atoms with E-state index in [9.17, 15) is 14.4 Å². The fourth-order valence-electron chi connectivity index (χ4n) is 3.16. The Morgan fingerprint density at radius 3 is 2.58 bits per heavy atom. The molecule has 0 fully saturated rings. The molecule has 2 N–H and O–H groups in total. The summed E-state index contributed by atoms with van der Waals surface area (Å²) < 4.78 is 11.3. The van der Waals surface area contributed by atoms with Gasteiger partial charge in [0.2, 0.25) is 5.91 Å². The Morgan fingerprint density at radius 2 is 1.87 bits per heavy atom. The summed E-state index contributed by atoms with van der Waals surface area (Å²) >= 11 is 0. The van der Waals surface area contributed by atoms with Crippen LogP contribution in [0.2, 0.25) is 0 Å². The zero-order valence-corrected chi connectivity index (χ0v) is 17.7. The van der Waals surface area contributed by atoms with E-state index in [1.165, 1.54) is 11.9 Å². The number of ether oxygens (including phenoxy) is 2. The summed E-state index contributed by atoms with van der Waals surface area (Å²) in [7, 11) is 1.51. The van der Waals surface area contributed by atoms with Crippen LogP contribution in [0.1, 0.15) is 30.1 Å². The second-order valence-electron chi connectivity index (χ2n) is 7.10. The molecule has 31 heavy (non-hydrogen) atoms. The average molecular weight is 425 g/mol. The van der Waals surface area contributed by atoms with Gasteiger partial charge in [0.25, 0.3) is 11.8 Å². The number of para-hydroxylation sites is 2. The van der Waals surface area contributed by atoms with E-state index in [-0.39, 0.29) is 30.8 Å². The molecule has 2 aromatic rings. The summed E-state index contributed by atoms with van der Waals surface area (Å²) in [5.41, 5.74) is 0.997. The highest BCUT2D eigenvalue weighted by molar-refractivity contribution is 6.02. The number of anilines is 1. The van der Waals surface area contributed by atoms with Crippen LogP contribution >= 0.6 is 0 Å². The Kier molecular flexibility index (Phi) is 7.48. The maximum absolute atomic E-state index is 12.9. The number of nitrogens with one attached hydrogen (secondary N) is 2. The van der Waals surface area contributed by atoms with Crippen LogP contribution in [0.5, 0.6) is 11.5 Å². The second kappa shape index (κ2) is 10.5. The van der Waals surface area contributed by atoms with Gasteiger partial charge < -0.3 is 25.0 Å². The smallest absolute Gasteiger partial charge is 0.262 e. The molecule has 0 bridgehead atoms. The molecular formula is C23H27N3O5. The van der Waals surface area contributed by atoms with Gasteiger partial charge >= 0.3 is 0 Å². The molecule has 0 aromatic heterocycles. The van der Waals surface area contributed by atoms with Gasteiger partial charge in [0, 0.05) is 12.6 Å². The molecule has 1 aliphatic rings. The van der Waals surface area contributed by atoms with Crippen LogP contribution in [-0.4, -0.2) is 50.6 Å². The van der Waals surface area contributed by atoms with Crippen molar-refractivity contribution in [3.63, 3.8) is 0 Å². The number of carbonyl (C=O) groups excluding carboxylic acids is 3. The monoisotopic (exact) mass is 425 g/mol. The molecule has 3 rings (SSSR count). The molecule has 0 aliphatic carbocycles. The Morgan fingerprint density at radius 1 is 1.13 bits per heavy atom. The van der Waals surface area contributed by atoms with Crippen molar-refractivity contribution < 1.29 is 23.9 Å². The summed E-state index contributed by atoms with van der Waals surface area (Å²) in [5.74, 6) is 0.125. The number of benzene rings is 2. The minimum Gasteiger partial charge on any atom is -0.494 e. The van der Waals surface area contributed by atoms with Crippen molar-refractivity contribution in [2.45, 2.75) is 25.9 Å². The fourth-order valence-corrected chi connectivity index (χ4v) is 3.16. The van der Waals surface area contributed by atoms with Crippen molar-refractivity contribution in [2.24, 2.45) is 0 Å². The number of hydrogen-bond acceptors (Lipinski definition) is 5. The summed E-state index contributed by atoms with van der Waals surface area (Å²) in [4.78, 5) is 38.8. The minimum absolute atomic E-state index is 0.0647. The Bertz CT molecular complexity index is 929. The molecule has 8 nitrogen and oxygen atoms in total. The van der Waals surface area contributed by atoms with E-state index in [1.807, 2.05) is 0 Å². The van der Waals surface area contributed by atoms with Crippen molar-refractivity contribution in [3.8, 4) is 11.5 Å². The summed E-state index contributed by atoms with van der Waals surface area (Å²) in [6.45, 7) is 2.58. The van der Waals surface area contributed by atoms with Gasteiger partial charge in [0.15, 0.2) is 6.10 Å². The predicted octanol–water partition coefficient (Wildman–Crippen LogP) is 2.14. The van der Waals surface area contributed by atoms with Crippen molar-refractivity contribution >= 4 is 23.4 Å². The second-order valence-corrected chi connectivity index (χ2v) is 7.10. The van der Waals surface area contributed by atoms with Gasteiger partial charge in [-0.15, -0.1) is 0 Å². The lowest BCUT2D eigenvalue weighted by atomic mass is 10.1. The number of fused-ring (bicyclic) bond motifs is 1. The van der Waals surface area contributed by atoms with Crippen molar-refractivity contribution in [1.82, 2.24) is 10.6 Å². The molecule has 8 heteroatoms. The number of unbranched alkanes of at least 4 members (excludes halogenated alkanes) is 1. The fraction of sp³-hybridized carbons (Fsp3) is 0.348. The zero-order valence-electron chi connectivity index (χ0n) is 17.7. The molecule has 1 aliphatic heterocycles. The highest BCUT2D eigenvalue weighted by Crippen LogP contribution is 2.33. The molecule has 0 unspecified atom stereocenters. The molecule has 164 valence electrons. The third kappa shape index (κ3) is 5.53. The normalized spacial score (nSPS) is 14.8. The van der Waals surface area contributed by atoms with Crippen molar-refractivity contribution in [3.05, 3.63) is 54.1 Å². The number of amides is 3. The maximum atomic E-state index is 12.9. The zero-order chi connectivity index (χ0) is 22.2. The summed E-state index contributed by atoms with van der Waals surface area (Å²) in [6, 6.07) is 13.8. The molecule has 0 spiro atoms. The molecule has 0 saturated heterocycles. The van der Waals surface area contributed by atoms with Crippen LogP contribution in [0.4, 0.5) is 5.69 Å². The van der Waals surface area contributed by atoms with E-state index in [0.717, 1.165) is 12.8 Å². The Balaban J connectivity index is 1.61. The Hall–Kier alpha value is -3.55. The van der Waals surface area contributed by atoms with Gasteiger partial charge in [-0.2, -0.15) is 0 Å². The van der Waals surface area contributed by atoms with Crippen LogP contribution < -0.4 is 25.0 Å². The molecule has 1 heterocycles. The van der Waals surface area contributed by atoms with E-state index in [2.05, 4.69) is 17.6 Å². The van der Waals surface area contributed by atoms with E-state index < -0.39 is 6.10 Å². The third-order valence-corrected chi connectivity index (χ3v) is 4.90. The minimum atomic E-state index is -0.820. The first-order valence-electron chi connectivity index (χ1n) is 10.3. The van der Waals surface area contributed by atoms with Gasteiger partial charge in [0.1, 0.15) is 11.5 Å². The van der Waals surface area contributed by atoms with Crippen LogP contribution in [0, 0.1) is 0 Å². The first kappa shape index (κ1) is 22.1. The average Bonchev–Trinajstić information content (AvgIpc) is 2.81. The van der Waals surface area contributed by atoms with Crippen molar-refractivity contribution in [2.75, 3.05) is 31.6 Å². The lowest BCUT2D eigenvalue weighted by Crippen LogP contribution is -2.52. The first-order valence-corrected chi connectivity index (χ1v) is 10.3. The highest BCUT2D eigenvalue weighted by atomic mass is 16.5. The van der Waals surface area contributed by atoms with Crippen LogP contribution in [0.25, 0.3) is 0 Å². The van der Waals surface area contributed by atoms with Crippen LogP contribution in [-0.2, 0) is 9.59 Å². The summed E-state index contributed by atoms with van der Waals surface area (Å²) in [6.07, 6.45) is 1.20. The van der Waals surface area contributed by atoms with Gasteiger partial charge in [-0.25, -0.2) is 0 Å². The number of carbonyl (C=O) groups is 3. The lowest BCUT2D eigenvalue weighted by Gasteiger charge is -2.34. The number of nitrogens with zero attached hydrogens (tertiary/aromatic N) is 1. The molecule has 1 atom stereocenters. The first-order chi connectivity index (χ1) is 15.0. The molecule has 3 amide bonds. The van der Waals surface area contributed by atoms with Crippen molar-refractivity contribution in [1.29, 1.82) is 0 Å².